The molecule has 0 saturated carbocycles. The van der Waals surface area contributed by atoms with E-state index < -0.39 is 20.0 Å². The van der Waals surface area contributed by atoms with Gasteiger partial charge in [0.1, 0.15) is 5.75 Å². The van der Waals surface area contributed by atoms with Crippen LogP contribution >= 0.6 is 0 Å². The van der Waals surface area contributed by atoms with Gasteiger partial charge in [-0.3, -0.25) is 0 Å². The van der Waals surface area contributed by atoms with Crippen LogP contribution in [0.25, 0.3) is 0 Å². The minimum Gasteiger partial charge on any atom is -0.497 e. The second kappa shape index (κ2) is 7.63. The summed E-state index contributed by atoms with van der Waals surface area (Å²) in [6.07, 6.45) is 4.96. The molecule has 2 aliphatic heterocycles. The van der Waals surface area contributed by atoms with Crippen molar-refractivity contribution in [2.45, 2.75) is 29.2 Å². The summed E-state index contributed by atoms with van der Waals surface area (Å²) in [5.41, 5.74) is -0.192. The van der Waals surface area contributed by atoms with Crippen molar-refractivity contribution in [1.29, 1.82) is 0 Å². The number of nitrogens with zero attached hydrogens (tertiary/aromatic N) is 4. The minimum atomic E-state index is -3.63. The average molecular weight is 455 g/mol. The Hall–Kier alpha value is -1.95. The lowest BCUT2D eigenvalue weighted by Gasteiger charge is -2.38. The predicted octanol–water partition coefficient (Wildman–Crippen LogP) is 1.29. The van der Waals surface area contributed by atoms with Crippen LogP contribution in [-0.2, 0) is 27.1 Å². The highest BCUT2D eigenvalue weighted by molar-refractivity contribution is 7.89. The summed E-state index contributed by atoms with van der Waals surface area (Å²) in [5, 5.41) is 0.0556. The molecule has 0 N–H and O–H groups in total. The van der Waals surface area contributed by atoms with E-state index in [1.54, 1.807) is 29.8 Å². The summed E-state index contributed by atoms with van der Waals surface area (Å²) in [6.45, 7) is 1.58. The van der Waals surface area contributed by atoms with Gasteiger partial charge in [-0.1, -0.05) is 6.07 Å². The fraction of sp³-hybridized carbons (Fsp3) is 0.526. The lowest BCUT2D eigenvalue weighted by atomic mass is 9.78. The number of benzene rings is 1. The first-order valence-corrected chi connectivity index (χ1v) is 12.7. The van der Waals surface area contributed by atoms with E-state index in [4.69, 9.17) is 4.74 Å². The standard InChI is InChI=1S/C19H26N4O5S2/c1-21-13-18(20-15-21)30(26,27)23-11-8-19(14-23)6-9-22(10-7-19)29(24,25)17-5-3-4-16(12-17)28-2/h3-5,12-13,15H,6-11,14H2,1-2H3. The third-order valence-corrected chi connectivity index (χ3v) is 9.78. The number of ether oxygens (including phenoxy) is 1. The zero-order valence-electron chi connectivity index (χ0n) is 17.1. The summed E-state index contributed by atoms with van der Waals surface area (Å²) >= 11 is 0. The number of hydrogen-bond donors (Lipinski definition) is 0. The second-order valence-electron chi connectivity index (χ2n) is 8.05. The third-order valence-electron chi connectivity index (χ3n) is 6.15. The van der Waals surface area contributed by atoms with E-state index in [0.717, 1.165) is 6.42 Å². The molecule has 30 heavy (non-hydrogen) atoms. The number of sulfonamides is 2. The molecular weight excluding hydrogens is 428 g/mol. The number of aryl methyl sites for hydroxylation is 1. The molecule has 11 heteroatoms. The van der Waals surface area contributed by atoms with Crippen molar-refractivity contribution in [3.63, 3.8) is 0 Å². The van der Waals surface area contributed by atoms with Crippen LogP contribution in [0, 0.1) is 5.41 Å². The molecule has 9 nitrogen and oxygen atoms in total. The van der Waals surface area contributed by atoms with Gasteiger partial charge in [0, 0.05) is 45.5 Å². The Morgan fingerprint density at radius 1 is 1.00 bits per heavy atom. The van der Waals surface area contributed by atoms with E-state index in [1.807, 2.05) is 0 Å². The first-order chi connectivity index (χ1) is 14.2. The molecule has 3 heterocycles. The van der Waals surface area contributed by atoms with Gasteiger partial charge in [0.2, 0.25) is 10.0 Å². The molecule has 4 rings (SSSR count). The van der Waals surface area contributed by atoms with Crippen LogP contribution in [0.2, 0.25) is 0 Å². The van der Waals surface area contributed by atoms with Crippen molar-refractivity contribution in [3.8, 4) is 5.75 Å². The molecule has 1 spiro atoms. The summed E-state index contributed by atoms with van der Waals surface area (Å²) in [4.78, 5) is 4.20. The van der Waals surface area contributed by atoms with Gasteiger partial charge in [-0.2, -0.15) is 8.61 Å². The quantitative estimate of drug-likeness (QED) is 0.675. The van der Waals surface area contributed by atoms with Gasteiger partial charge >= 0.3 is 0 Å². The number of aromatic nitrogens is 2. The molecule has 1 aromatic carbocycles. The molecule has 0 aliphatic carbocycles. The highest BCUT2D eigenvalue weighted by Gasteiger charge is 2.46. The molecule has 0 radical (unpaired) electrons. The van der Waals surface area contributed by atoms with Crippen molar-refractivity contribution in [2.75, 3.05) is 33.3 Å². The highest BCUT2D eigenvalue weighted by Crippen LogP contribution is 2.43. The maximum Gasteiger partial charge on any atom is 0.262 e. The second-order valence-corrected chi connectivity index (χ2v) is 11.9. The Kier molecular flexibility index (Phi) is 5.41. The first-order valence-electron chi connectivity index (χ1n) is 9.79. The zero-order chi connectivity index (χ0) is 21.6. The normalized spacial score (nSPS) is 20.6. The van der Waals surface area contributed by atoms with E-state index in [1.165, 1.54) is 34.3 Å². The van der Waals surface area contributed by atoms with Gasteiger partial charge in [0.25, 0.3) is 10.0 Å². The molecule has 2 aliphatic rings. The van der Waals surface area contributed by atoms with Crippen LogP contribution in [0.4, 0.5) is 0 Å². The third kappa shape index (κ3) is 3.75. The monoisotopic (exact) mass is 454 g/mol. The predicted molar refractivity (Wildman–Crippen MR) is 110 cm³/mol. The van der Waals surface area contributed by atoms with Crippen molar-refractivity contribution in [1.82, 2.24) is 18.2 Å². The van der Waals surface area contributed by atoms with Crippen LogP contribution in [0.15, 0.2) is 46.7 Å². The van der Waals surface area contributed by atoms with Crippen molar-refractivity contribution in [3.05, 3.63) is 36.8 Å². The molecular formula is C19H26N4O5S2. The number of methoxy groups -OCH3 is 1. The molecule has 2 aromatic rings. The Morgan fingerprint density at radius 2 is 1.67 bits per heavy atom. The fourth-order valence-electron chi connectivity index (χ4n) is 4.27. The van der Waals surface area contributed by atoms with E-state index in [-0.39, 0.29) is 15.3 Å². The van der Waals surface area contributed by atoms with E-state index >= 15 is 0 Å². The van der Waals surface area contributed by atoms with E-state index in [0.29, 0.717) is 44.8 Å². The maximum atomic E-state index is 13.0. The smallest absolute Gasteiger partial charge is 0.262 e. The fourth-order valence-corrected chi connectivity index (χ4v) is 7.27. The van der Waals surface area contributed by atoms with Gasteiger partial charge in [0.15, 0.2) is 5.03 Å². The van der Waals surface area contributed by atoms with Crippen LogP contribution in [0.1, 0.15) is 19.3 Å². The topological polar surface area (TPSA) is 102 Å². The number of rotatable bonds is 5. The van der Waals surface area contributed by atoms with Crippen LogP contribution in [0.3, 0.4) is 0 Å². The Morgan fingerprint density at radius 3 is 2.27 bits per heavy atom. The van der Waals surface area contributed by atoms with E-state index in [2.05, 4.69) is 4.98 Å². The SMILES string of the molecule is COc1cccc(S(=O)(=O)N2CCC3(CC2)CCN(S(=O)(=O)c2cn(C)cn2)C3)c1. The van der Waals surface area contributed by atoms with Crippen molar-refractivity contribution < 1.29 is 21.6 Å². The Bertz CT molecular complexity index is 1140. The Labute approximate surface area is 177 Å². The number of piperidine rings is 1. The lowest BCUT2D eigenvalue weighted by Crippen LogP contribution is -2.44. The van der Waals surface area contributed by atoms with Gasteiger partial charge in [-0.05, 0) is 36.8 Å². The van der Waals surface area contributed by atoms with E-state index in [9.17, 15) is 16.8 Å². The molecule has 0 unspecified atom stereocenters. The molecule has 0 bridgehead atoms. The van der Waals surface area contributed by atoms with Crippen molar-refractivity contribution in [2.24, 2.45) is 12.5 Å². The number of hydrogen-bond acceptors (Lipinski definition) is 6. The lowest BCUT2D eigenvalue weighted by molar-refractivity contribution is 0.167. The van der Waals surface area contributed by atoms with Gasteiger partial charge < -0.3 is 9.30 Å². The summed E-state index contributed by atoms with van der Waals surface area (Å²) in [6, 6.07) is 6.46. The molecule has 0 amide bonds. The molecule has 1 aromatic heterocycles. The van der Waals surface area contributed by atoms with Crippen molar-refractivity contribution >= 4 is 20.0 Å². The van der Waals surface area contributed by atoms with Crippen LogP contribution < -0.4 is 4.74 Å². The summed E-state index contributed by atoms with van der Waals surface area (Å²) in [5.74, 6) is 0.496. The van der Waals surface area contributed by atoms with Gasteiger partial charge in [-0.15, -0.1) is 0 Å². The zero-order valence-corrected chi connectivity index (χ0v) is 18.7. The van der Waals surface area contributed by atoms with Gasteiger partial charge in [0.05, 0.1) is 18.3 Å². The Balaban J connectivity index is 1.45. The van der Waals surface area contributed by atoms with Crippen LogP contribution in [0.5, 0.6) is 5.75 Å². The maximum absolute atomic E-state index is 13.0. The summed E-state index contributed by atoms with van der Waals surface area (Å²) in [7, 11) is -4.01. The first kappa shape index (κ1) is 21.3. The molecule has 2 saturated heterocycles. The summed E-state index contributed by atoms with van der Waals surface area (Å²) < 4.78 is 61.5. The van der Waals surface area contributed by atoms with Crippen LogP contribution in [-0.4, -0.2) is 68.3 Å². The average Bonchev–Trinajstić information content (AvgIpc) is 3.36. The molecule has 164 valence electrons. The highest BCUT2D eigenvalue weighted by atomic mass is 32.2. The molecule has 2 fully saturated rings. The van der Waals surface area contributed by atoms with Gasteiger partial charge in [-0.25, -0.2) is 21.8 Å². The molecule has 0 atom stereocenters. The largest absolute Gasteiger partial charge is 0.497 e. The minimum absolute atomic E-state index is 0.0556. The number of imidazole rings is 1.